The van der Waals surface area contributed by atoms with Crippen LogP contribution >= 0.6 is 23.2 Å². The van der Waals surface area contributed by atoms with Gasteiger partial charge in [0.15, 0.2) is 0 Å². The number of allylic oxidation sites excluding steroid dienone is 3. The van der Waals surface area contributed by atoms with E-state index in [0.717, 1.165) is 24.0 Å². The molecule has 1 heterocycles. The highest BCUT2D eigenvalue weighted by Gasteiger charge is 2.18. The van der Waals surface area contributed by atoms with E-state index < -0.39 is 0 Å². The third kappa shape index (κ3) is 2.33. The summed E-state index contributed by atoms with van der Waals surface area (Å²) in [6.07, 6.45) is 5.10. The second-order valence-electron chi connectivity index (χ2n) is 3.26. The molecule has 1 aromatic heterocycles. The molecule has 0 radical (unpaired) electrons. The zero-order chi connectivity index (χ0) is 10.8. The van der Waals surface area contributed by atoms with Gasteiger partial charge in [0, 0.05) is 6.07 Å². The first kappa shape index (κ1) is 10.5. The van der Waals surface area contributed by atoms with Crippen LogP contribution in [-0.2, 0) is 6.42 Å². The predicted molar refractivity (Wildman–Crippen MR) is 61.1 cm³/mol. The first-order valence-corrected chi connectivity index (χ1v) is 5.27. The Morgan fingerprint density at radius 3 is 2.87 bits per heavy atom. The lowest BCUT2D eigenvalue weighted by atomic mass is 10.2. The van der Waals surface area contributed by atoms with E-state index in [1.165, 1.54) is 6.07 Å². The maximum atomic E-state index is 11.1. The minimum absolute atomic E-state index is 0.189. The van der Waals surface area contributed by atoms with Crippen LogP contribution in [0.1, 0.15) is 17.7 Å². The van der Waals surface area contributed by atoms with Gasteiger partial charge in [-0.2, -0.15) is 0 Å². The smallest absolute Gasteiger partial charge is 0.336 e. The Morgan fingerprint density at radius 1 is 1.33 bits per heavy atom. The van der Waals surface area contributed by atoms with Crippen LogP contribution in [0.5, 0.6) is 0 Å². The van der Waals surface area contributed by atoms with Crippen molar-refractivity contribution in [1.82, 2.24) is 0 Å². The summed E-state index contributed by atoms with van der Waals surface area (Å²) in [4.78, 5) is 11.1. The molecule has 0 aliphatic heterocycles. The van der Waals surface area contributed by atoms with Crippen molar-refractivity contribution >= 4 is 28.8 Å². The summed E-state index contributed by atoms with van der Waals surface area (Å²) >= 11 is 11.0. The van der Waals surface area contributed by atoms with Gasteiger partial charge in [-0.15, -0.1) is 0 Å². The quantitative estimate of drug-likeness (QED) is 0.757. The van der Waals surface area contributed by atoms with Crippen LogP contribution in [-0.4, -0.2) is 0 Å². The molecule has 0 N–H and O–H groups in total. The van der Waals surface area contributed by atoms with Gasteiger partial charge in [-0.05, 0) is 36.1 Å². The highest BCUT2D eigenvalue weighted by atomic mass is 35.5. The number of aryl methyl sites for hydroxylation is 1. The van der Waals surface area contributed by atoms with Gasteiger partial charge in [0.05, 0.1) is 0 Å². The molecular formula is C11H8Cl2O2. The Labute approximate surface area is 96.8 Å². The predicted octanol–water partition coefficient (Wildman–Crippen LogP) is 3.29. The molecule has 0 aromatic carbocycles. The van der Waals surface area contributed by atoms with Crippen LogP contribution in [0, 0.1) is 0 Å². The monoisotopic (exact) mass is 242 g/mol. The van der Waals surface area contributed by atoms with Crippen LogP contribution in [0.15, 0.2) is 38.0 Å². The van der Waals surface area contributed by atoms with Crippen LogP contribution in [0.3, 0.4) is 0 Å². The molecule has 1 aromatic rings. The molecule has 4 heteroatoms. The van der Waals surface area contributed by atoms with Gasteiger partial charge >= 0.3 is 5.63 Å². The molecule has 0 saturated heterocycles. The minimum atomic E-state index is -0.331. The van der Waals surface area contributed by atoms with Gasteiger partial charge in [0.2, 0.25) is 0 Å². The molecule has 0 atom stereocenters. The summed E-state index contributed by atoms with van der Waals surface area (Å²) in [6.45, 7) is 0. The summed E-state index contributed by atoms with van der Waals surface area (Å²) in [5.74, 6) is 0.660. The number of hydrogen-bond donors (Lipinski definition) is 0. The second-order valence-corrected chi connectivity index (χ2v) is 4.26. The molecule has 0 saturated carbocycles. The van der Waals surface area contributed by atoms with E-state index in [1.807, 2.05) is 0 Å². The van der Waals surface area contributed by atoms with E-state index in [1.54, 1.807) is 18.2 Å². The first-order chi connectivity index (χ1) is 7.16. The van der Waals surface area contributed by atoms with E-state index >= 15 is 0 Å². The van der Waals surface area contributed by atoms with Crippen molar-refractivity contribution in [3.8, 4) is 0 Å². The summed E-state index contributed by atoms with van der Waals surface area (Å²) < 4.78 is 5.31. The lowest BCUT2D eigenvalue weighted by Gasteiger charge is -1.96. The number of halogens is 2. The first-order valence-electron chi connectivity index (χ1n) is 4.52. The molecule has 2 nitrogen and oxygen atoms in total. The minimum Gasteiger partial charge on any atom is -0.423 e. The van der Waals surface area contributed by atoms with Gasteiger partial charge in [-0.3, -0.25) is 0 Å². The maximum absolute atomic E-state index is 11.1. The van der Waals surface area contributed by atoms with Crippen molar-refractivity contribution in [3.63, 3.8) is 0 Å². The largest absolute Gasteiger partial charge is 0.423 e. The summed E-state index contributed by atoms with van der Waals surface area (Å²) in [5.41, 5.74) is 1.68. The average molecular weight is 243 g/mol. The van der Waals surface area contributed by atoms with Gasteiger partial charge in [0.1, 0.15) is 10.3 Å². The highest BCUT2D eigenvalue weighted by molar-refractivity contribution is 6.56. The maximum Gasteiger partial charge on any atom is 0.336 e. The third-order valence-corrected chi connectivity index (χ3v) is 2.53. The Balaban J connectivity index is 2.44. The fourth-order valence-corrected chi connectivity index (χ4v) is 1.74. The molecule has 0 fully saturated rings. The van der Waals surface area contributed by atoms with Gasteiger partial charge in [-0.25, -0.2) is 4.79 Å². The molecule has 1 aliphatic carbocycles. The van der Waals surface area contributed by atoms with Crippen molar-refractivity contribution in [2.24, 2.45) is 0 Å². The van der Waals surface area contributed by atoms with E-state index in [-0.39, 0.29) is 10.1 Å². The van der Waals surface area contributed by atoms with Gasteiger partial charge < -0.3 is 4.42 Å². The molecule has 15 heavy (non-hydrogen) atoms. The zero-order valence-corrected chi connectivity index (χ0v) is 9.31. The van der Waals surface area contributed by atoms with Crippen molar-refractivity contribution < 1.29 is 4.42 Å². The normalized spacial score (nSPS) is 16.5. The lowest BCUT2D eigenvalue weighted by Crippen LogP contribution is -1.97. The molecule has 78 valence electrons. The van der Waals surface area contributed by atoms with Crippen LogP contribution < -0.4 is 5.63 Å². The van der Waals surface area contributed by atoms with Crippen molar-refractivity contribution in [2.45, 2.75) is 12.8 Å². The molecule has 0 unspecified atom stereocenters. The highest BCUT2D eigenvalue weighted by Crippen LogP contribution is 2.31. The second kappa shape index (κ2) is 4.25. The fraction of sp³-hybridized carbons (Fsp3) is 0.182. The molecular weight excluding hydrogens is 235 g/mol. The lowest BCUT2D eigenvalue weighted by molar-refractivity contribution is 0.496. The topological polar surface area (TPSA) is 30.2 Å². The number of fused-ring (bicyclic) bond motifs is 1. The Morgan fingerprint density at radius 2 is 2.13 bits per heavy atom. The standard InChI is InChI=1S/C11H8Cl2O2/c12-9(13)5-3-7-1-2-8-4-6-10(14)15-11(7)8/h3-6H,1-2H2/b7-3+. The van der Waals surface area contributed by atoms with Crippen LogP contribution in [0.25, 0.3) is 5.57 Å². The molecule has 0 spiro atoms. The van der Waals surface area contributed by atoms with Crippen LogP contribution in [0.4, 0.5) is 0 Å². The SMILES string of the molecule is O=c1ccc2c(o1)/C(=C/C=C(Cl)Cl)CC2. The number of hydrogen-bond acceptors (Lipinski definition) is 2. The van der Waals surface area contributed by atoms with Gasteiger partial charge in [0.25, 0.3) is 0 Å². The summed E-state index contributed by atoms with van der Waals surface area (Å²) in [6, 6.07) is 3.24. The molecule has 0 amide bonds. The van der Waals surface area contributed by atoms with E-state index in [0.29, 0.717) is 5.76 Å². The number of rotatable bonds is 1. The molecule has 1 aliphatic rings. The fourth-order valence-electron chi connectivity index (χ4n) is 1.62. The zero-order valence-electron chi connectivity index (χ0n) is 7.80. The Hall–Kier alpha value is -0.990. The van der Waals surface area contributed by atoms with E-state index in [2.05, 4.69) is 0 Å². The molecule has 0 bridgehead atoms. The van der Waals surface area contributed by atoms with Gasteiger partial charge in [-0.1, -0.05) is 29.3 Å². The Bertz CT molecular complexity index is 494. The molecule has 2 rings (SSSR count). The summed E-state index contributed by atoms with van der Waals surface area (Å²) in [5, 5.41) is 0. The van der Waals surface area contributed by atoms with Crippen molar-refractivity contribution in [2.75, 3.05) is 0 Å². The van der Waals surface area contributed by atoms with Crippen LogP contribution in [0.2, 0.25) is 0 Å². The van der Waals surface area contributed by atoms with Crippen molar-refractivity contribution in [1.29, 1.82) is 0 Å². The third-order valence-electron chi connectivity index (χ3n) is 2.28. The summed E-state index contributed by atoms with van der Waals surface area (Å²) in [7, 11) is 0. The van der Waals surface area contributed by atoms with Crippen molar-refractivity contribution in [3.05, 3.63) is 50.5 Å². The average Bonchev–Trinajstić information content (AvgIpc) is 2.57. The Kier molecular flexibility index (Phi) is 2.98. The van der Waals surface area contributed by atoms with E-state index in [9.17, 15) is 4.79 Å². The van der Waals surface area contributed by atoms with E-state index in [4.69, 9.17) is 27.6 Å².